The zero-order valence-electron chi connectivity index (χ0n) is 36.3. The summed E-state index contributed by atoms with van der Waals surface area (Å²) in [6.45, 7) is 3.51. The van der Waals surface area contributed by atoms with Gasteiger partial charge in [0.2, 0.25) is 5.91 Å². The number of amides is 5. The van der Waals surface area contributed by atoms with Crippen LogP contribution in [0.15, 0.2) is 113 Å². The molecule has 0 aromatic heterocycles. The number of carbonyl (C=O) groups excluding carboxylic acids is 5. The highest BCUT2D eigenvalue weighted by Crippen LogP contribution is 2.41. The van der Waals surface area contributed by atoms with Gasteiger partial charge in [-0.25, -0.2) is 4.79 Å². The number of aromatic carboxylic acids is 1. The van der Waals surface area contributed by atoms with Gasteiger partial charge in [0.1, 0.15) is 24.0 Å². The molecule has 0 radical (unpaired) electrons. The Kier molecular flexibility index (Phi) is 14.5. The van der Waals surface area contributed by atoms with Crippen LogP contribution in [0.4, 0.5) is 22.7 Å². The molecule has 6 rings (SSSR count). The van der Waals surface area contributed by atoms with Crippen molar-refractivity contribution in [2.45, 2.75) is 32.0 Å². The molecule has 5 aromatic rings. The van der Waals surface area contributed by atoms with Crippen LogP contribution < -0.4 is 40.8 Å². The van der Waals surface area contributed by atoms with Gasteiger partial charge >= 0.3 is 5.97 Å². The lowest BCUT2D eigenvalue weighted by Crippen LogP contribution is -2.46. The van der Waals surface area contributed by atoms with Crippen molar-refractivity contribution in [2.75, 3.05) is 42.1 Å². The van der Waals surface area contributed by atoms with Crippen LogP contribution in [0.1, 0.15) is 67.3 Å². The lowest BCUT2D eigenvalue weighted by atomic mass is 10.0. The number of nitrogens with zero attached hydrogens (tertiary/aromatic N) is 2. The van der Waals surface area contributed by atoms with Crippen molar-refractivity contribution < 1.29 is 58.3 Å². The number of nitrogens with one attached hydrogen (secondary N) is 5. The third-order valence-electron chi connectivity index (χ3n) is 10.1. The van der Waals surface area contributed by atoms with Gasteiger partial charge in [0.05, 0.1) is 31.2 Å². The topological polar surface area (TPSA) is 276 Å². The van der Waals surface area contributed by atoms with Gasteiger partial charge in [0.25, 0.3) is 23.6 Å². The van der Waals surface area contributed by atoms with Crippen molar-refractivity contribution in [1.29, 1.82) is 0 Å². The number of carbonyl (C=O) groups is 6. The molecule has 0 spiro atoms. The Morgan fingerprint density at radius 2 is 1.22 bits per heavy atom. The summed E-state index contributed by atoms with van der Waals surface area (Å²) in [6, 6.07) is 22.7. The summed E-state index contributed by atoms with van der Waals surface area (Å²) >= 11 is 0. The average Bonchev–Trinajstić information content (AvgIpc) is 4.04. The SMILES string of the molecule is C#CCOc1ccc(/C=C(\C)C(=O)Nc2ccc(C(=O)N[C@@H](CC3(C)N=N3)C(=O)Nc3ccc(C(=O)Nc4ccc(C(=O)Nc5ccc(C(=O)O)c(O)c5OC)c(O)c4OC)cc3)cc2)cc1. The number of phenols is 2. The van der Waals surface area contributed by atoms with E-state index < -0.39 is 58.4 Å². The summed E-state index contributed by atoms with van der Waals surface area (Å²) in [6.07, 6.45) is 6.99. The summed E-state index contributed by atoms with van der Waals surface area (Å²) in [4.78, 5) is 77.7. The number of rotatable bonds is 18. The molecule has 1 aliphatic rings. The molecule has 0 saturated carbocycles. The molecular weight excluding hydrogens is 867 g/mol. The molecule has 0 aliphatic carbocycles. The van der Waals surface area contributed by atoms with E-state index in [9.17, 15) is 44.1 Å². The summed E-state index contributed by atoms with van der Waals surface area (Å²) in [5.74, 6) is -3.39. The van der Waals surface area contributed by atoms with Crippen LogP contribution in [-0.4, -0.2) is 83.4 Å². The van der Waals surface area contributed by atoms with Crippen LogP contribution in [0.3, 0.4) is 0 Å². The third kappa shape index (κ3) is 11.7. The fraction of sp³-hybridized carbons (Fsp3) is 0.167. The second-order valence-electron chi connectivity index (χ2n) is 14.9. The Bertz CT molecular complexity index is 2850. The minimum Gasteiger partial charge on any atom is -0.504 e. The molecule has 0 saturated heterocycles. The Morgan fingerprint density at radius 1 is 0.701 bits per heavy atom. The number of terminal acetylenes is 1. The van der Waals surface area contributed by atoms with Crippen LogP contribution in [0.25, 0.3) is 6.08 Å². The minimum absolute atomic E-state index is 0.00305. The van der Waals surface area contributed by atoms with Gasteiger partial charge in [-0.15, -0.1) is 6.42 Å². The zero-order valence-corrected chi connectivity index (χ0v) is 36.3. The van der Waals surface area contributed by atoms with Crippen molar-refractivity contribution in [1.82, 2.24) is 5.32 Å². The maximum absolute atomic E-state index is 13.6. The third-order valence-corrected chi connectivity index (χ3v) is 10.1. The number of ether oxygens (including phenoxy) is 3. The highest BCUT2D eigenvalue weighted by molar-refractivity contribution is 6.11. The van der Waals surface area contributed by atoms with Gasteiger partial charge in [0, 0.05) is 34.5 Å². The van der Waals surface area contributed by atoms with E-state index in [1.165, 1.54) is 68.8 Å². The number of hydrogen-bond acceptors (Lipinski definition) is 13. The molecule has 1 atom stereocenters. The number of methoxy groups -OCH3 is 2. The maximum Gasteiger partial charge on any atom is 0.339 e. The molecule has 0 bridgehead atoms. The molecule has 0 fully saturated rings. The maximum atomic E-state index is 13.6. The molecule has 19 heteroatoms. The van der Waals surface area contributed by atoms with Crippen LogP contribution in [0, 0.1) is 12.3 Å². The zero-order chi connectivity index (χ0) is 48.4. The van der Waals surface area contributed by atoms with Gasteiger partial charge in [-0.2, -0.15) is 10.2 Å². The van der Waals surface area contributed by atoms with Crippen molar-refractivity contribution in [3.63, 3.8) is 0 Å². The lowest BCUT2D eigenvalue weighted by Gasteiger charge is -2.20. The quantitative estimate of drug-likeness (QED) is 0.0338. The second-order valence-corrected chi connectivity index (χ2v) is 14.9. The fourth-order valence-electron chi connectivity index (χ4n) is 6.47. The first-order valence-corrected chi connectivity index (χ1v) is 20.1. The van der Waals surface area contributed by atoms with E-state index >= 15 is 0 Å². The first-order chi connectivity index (χ1) is 32.0. The number of carboxylic acids is 1. The van der Waals surface area contributed by atoms with Crippen LogP contribution in [0.2, 0.25) is 0 Å². The molecule has 342 valence electrons. The predicted octanol–water partition coefficient (Wildman–Crippen LogP) is 6.68. The predicted molar refractivity (Wildman–Crippen MR) is 246 cm³/mol. The van der Waals surface area contributed by atoms with E-state index in [1.54, 1.807) is 56.3 Å². The van der Waals surface area contributed by atoms with E-state index in [4.69, 9.17) is 20.6 Å². The monoisotopic (exact) mass is 909 g/mol. The molecule has 1 aliphatic heterocycles. The number of hydrogen-bond donors (Lipinski definition) is 8. The van der Waals surface area contributed by atoms with E-state index in [0.29, 0.717) is 22.7 Å². The Labute approximate surface area is 382 Å². The number of carboxylic acid groups (broad SMARTS) is 1. The molecular formula is C48H43N7O12. The number of aromatic hydroxyl groups is 2. The van der Waals surface area contributed by atoms with Crippen LogP contribution >= 0.6 is 0 Å². The average molecular weight is 910 g/mol. The van der Waals surface area contributed by atoms with Crippen molar-refractivity contribution in [2.24, 2.45) is 10.2 Å². The number of phenolic OH excluding ortho intramolecular Hbond substituents is 1. The first kappa shape index (κ1) is 47.3. The summed E-state index contributed by atoms with van der Waals surface area (Å²) < 4.78 is 15.8. The Morgan fingerprint density at radius 3 is 1.76 bits per heavy atom. The van der Waals surface area contributed by atoms with Gasteiger partial charge in [0.15, 0.2) is 28.7 Å². The lowest BCUT2D eigenvalue weighted by molar-refractivity contribution is -0.118. The smallest absolute Gasteiger partial charge is 0.339 e. The minimum atomic E-state index is -1.42. The van der Waals surface area contributed by atoms with Crippen molar-refractivity contribution in [3.8, 4) is 41.1 Å². The highest BCUT2D eigenvalue weighted by Gasteiger charge is 2.40. The fourth-order valence-corrected chi connectivity index (χ4v) is 6.47. The van der Waals surface area contributed by atoms with E-state index in [0.717, 1.165) is 11.6 Å². The standard InChI is InChI=1S/C48H43N7O12/c1-6-23-67-32-17-7-27(8-18-32)24-26(2)42(58)49-30-13-9-29(10-14-30)44(60)53-37(25-48(3)54-55-48)46(62)50-31-15-11-28(12-16-31)43(59)51-35-21-19-33(38(56)40(35)65-4)45(61)52-36-22-20-34(47(63)64)39(57)41(36)66-5/h1,7-22,24,37,56-57H,23,25H2,2-5H3,(H,49,58)(H,50,62)(H,51,59)(H,52,61)(H,53,60)(H,63,64)/b26-24+/t37-/m0/s1. The summed E-state index contributed by atoms with van der Waals surface area (Å²) in [5.41, 5.74) is 0.568. The van der Waals surface area contributed by atoms with E-state index in [2.05, 4.69) is 42.7 Å². The molecule has 1 heterocycles. The first-order valence-electron chi connectivity index (χ1n) is 20.1. The molecule has 67 heavy (non-hydrogen) atoms. The van der Waals surface area contributed by atoms with Crippen LogP contribution in [0.5, 0.6) is 28.7 Å². The second kappa shape index (κ2) is 20.5. The molecule has 0 unspecified atom stereocenters. The van der Waals surface area contributed by atoms with Crippen LogP contribution in [-0.2, 0) is 9.59 Å². The van der Waals surface area contributed by atoms with Gasteiger partial charge in [-0.3, -0.25) is 24.0 Å². The highest BCUT2D eigenvalue weighted by atomic mass is 16.5. The number of benzene rings is 5. The molecule has 5 aromatic carbocycles. The summed E-state index contributed by atoms with van der Waals surface area (Å²) in [7, 11) is 2.37. The number of anilines is 4. The van der Waals surface area contributed by atoms with E-state index in [1.807, 2.05) is 0 Å². The molecule has 8 N–H and O–H groups in total. The Hall–Kier alpha value is -9.18. The Balaban J connectivity index is 1.06. The van der Waals surface area contributed by atoms with Crippen molar-refractivity contribution in [3.05, 3.63) is 130 Å². The van der Waals surface area contributed by atoms with Crippen molar-refractivity contribution >= 4 is 64.3 Å². The molecule has 19 nitrogen and oxygen atoms in total. The summed E-state index contributed by atoms with van der Waals surface area (Å²) in [5, 5.41) is 51.9. The van der Waals surface area contributed by atoms with Gasteiger partial charge < -0.3 is 56.1 Å². The van der Waals surface area contributed by atoms with Gasteiger partial charge in [-0.1, -0.05) is 18.1 Å². The van der Waals surface area contributed by atoms with Gasteiger partial charge in [-0.05, 0) is 110 Å². The largest absolute Gasteiger partial charge is 0.504 e. The van der Waals surface area contributed by atoms with E-state index in [-0.39, 0.29) is 58.5 Å². The normalized spacial score (nSPS) is 12.6. The molecule has 5 amide bonds.